The number of hydrogen-bond acceptors (Lipinski definition) is 4. The monoisotopic (exact) mass is 440 g/mol. The number of carbonyl (C=O) groups excluding carboxylic acids is 1. The second-order valence-corrected chi connectivity index (χ2v) is 8.97. The van der Waals surface area contributed by atoms with E-state index in [-0.39, 0.29) is 5.91 Å². The lowest BCUT2D eigenvalue weighted by molar-refractivity contribution is 0.0633. The van der Waals surface area contributed by atoms with Gasteiger partial charge in [-0.25, -0.2) is 0 Å². The van der Waals surface area contributed by atoms with Crippen molar-refractivity contribution in [3.63, 3.8) is 0 Å². The van der Waals surface area contributed by atoms with E-state index < -0.39 is 0 Å². The van der Waals surface area contributed by atoms with Crippen LogP contribution in [0.25, 0.3) is 0 Å². The van der Waals surface area contributed by atoms with Crippen molar-refractivity contribution in [1.82, 2.24) is 9.80 Å². The van der Waals surface area contributed by atoms with Crippen LogP contribution in [0.5, 0.6) is 5.75 Å². The second kappa shape index (κ2) is 9.65. The third kappa shape index (κ3) is 5.42. The fourth-order valence-electron chi connectivity index (χ4n) is 3.59. The summed E-state index contributed by atoms with van der Waals surface area (Å²) in [7, 11) is 0. The highest BCUT2D eigenvalue weighted by molar-refractivity contribution is 7.12. The number of carbonyl (C=O) groups is 1. The highest BCUT2D eigenvalue weighted by atomic mass is 35.5. The van der Waals surface area contributed by atoms with Gasteiger partial charge in [0.15, 0.2) is 0 Å². The van der Waals surface area contributed by atoms with Crippen LogP contribution in [0.2, 0.25) is 5.02 Å². The van der Waals surface area contributed by atoms with Gasteiger partial charge in [0.25, 0.3) is 5.91 Å². The Morgan fingerprint density at radius 2 is 1.80 bits per heavy atom. The van der Waals surface area contributed by atoms with Gasteiger partial charge >= 0.3 is 0 Å². The Labute approximate surface area is 186 Å². The SMILES string of the molecule is Cc1cccc(CN2CCN(C(=O)c3cc(COc4ccc(Cl)cc4)cs3)CC2)c1. The number of halogens is 1. The summed E-state index contributed by atoms with van der Waals surface area (Å²) in [6.45, 7) is 6.83. The predicted octanol–water partition coefficient (Wildman–Crippen LogP) is 5.25. The molecular formula is C24H25ClN2O2S. The normalized spacial score (nSPS) is 14.7. The van der Waals surface area contributed by atoms with E-state index in [0.29, 0.717) is 11.6 Å². The van der Waals surface area contributed by atoms with Crippen LogP contribution in [0.3, 0.4) is 0 Å². The maximum absolute atomic E-state index is 12.9. The molecule has 1 amide bonds. The van der Waals surface area contributed by atoms with Gasteiger partial charge in [0.05, 0.1) is 4.88 Å². The molecule has 4 rings (SSSR count). The predicted molar refractivity (Wildman–Crippen MR) is 122 cm³/mol. The number of rotatable bonds is 6. The minimum atomic E-state index is 0.118. The maximum Gasteiger partial charge on any atom is 0.264 e. The van der Waals surface area contributed by atoms with Gasteiger partial charge in [-0.1, -0.05) is 41.4 Å². The van der Waals surface area contributed by atoms with Gasteiger partial charge in [-0.15, -0.1) is 11.3 Å². The molecule has 0 aliphatic carbocycles. The smallest absolute Gasteiger partial charge is 0.264 e. The van der Waals surface area contributed by atoms with Gasteiger partial charge in [-0.05, 0) is 48.2 Å². The van der Waals surface area contributed by atoms with Crippen molar-refractivity contribution in [2.45, 2.75) is 20.1 Å². The molecule has 2 heterocycles. The summed E-state index contributed by atoms with van der Waals surface area (Å²) in [5.41, 5.74) is 3.63. The Morgan fingerprint density at radius 1 is 1.03 bits per heavy atom. The first kappa shape index (κ1) is 20.9. The van der Waals surface area contributed by atoms with Gasteiger partial charge in [-0.3, -0.25) is 9.69 Å². The van der Waals surface area contributed by atoms with Crippen molar-refractivity contribution in [3.05, 3.63) is 86.6 Å². The summed E-state index contributed by atoms with van der Waals surface area (Å²) in [4.78, 5) is 18.0. The molecule has 0 radical (unpaired) electrons. The van der Waals surface area contributed by atoms with Crippen molar-refractivity contribution in [3.8, 4) is 5.75 Å². The number of amides is 1. The summed E-state index contributed by atoms with van der Waals surface area (Å²) in [5, 5.41) is 2.68. The number of aryl methyl sites for hydroxylation is 1. The molecule has 0 unspecified atom stereocenters. The number of benzene rings is 2. The minimum Gasteiger partial charge on any atom is -0.489 e. The third-order valence-electron chi connectivity index (χ3n) is 5.23. The van der Waals surface area contributed by atoms with Crippen molar-refractivity contribution < 1.29 is 9.53 Å². The molecule has 156 valence electrons. The molecule has 3 aromatic rings. The zero-order valence-corrected chi connectivity index (χ0v) is 18.6. The van der Waals surface area contributed by atoms with E-state index in [0.717, 1.165) is 48.9 Å². The Bertz CT molecular complexity index is 994. The lowest BCUT2D eigenvalue weighted by atomic mass is 10.1. The fraction of sp³-hybridized carbons (Fsp3) is 0.292. The molecule has 0 atom stereocenters. The fourth-order valence-corrected chi connectivity index (χ4v) is 4.58. The lowest BCUT2D eigenvalue weighted by Gasteiger charge is -2.34. The van der Waals surface area contributed by atoms with Crippen LogP contribution < -0.4 is 4.74 Å². The molecule has 0 spiro atoms. The van der Waals surface area contributed by atoms with Crippen LogP contribution in [0.15, 0.2) is 60.0 Å². The van der Waals surface area contributed by atoms with E-state index in [2.05, 4.69) is 36.1 Å². The lowest BCUT2D eigenvalue weighted by Crippen LogP contribution is -2.48. The Balaban J connectivity index is 1.27. The number of nitrogens with zero attached hydrogens (tertiary/aromatic N) is 2. The molecule has 4 nitrogen and oxygen atoms in total. The molecule has 30 heavy (non-hydrogen) atoms. The molecule has 1 aromatic heterocycles. The quantitative estimate of drug-likeness (QED) is 0.525. The Hall–Kier alpha value is -2.34. The van der Waals surface area contributed by atoms with Gasteiger partial charge < -0.3 is 9.64 Å². The molecule has 2 aromatic carbocycles. The van der Waals surface area contributed by atoms with Gasteiger partial charge in [-0.2, -0.15) is 0 Å². The molecule has 0 saturated carbocycles. The molecular weight excluding hydrogens is 416 g/mol. The van der Waals surface area contributed by atoms with Crippen LogP contribution >= 0.6 is 22.9 Å². The highest BCUT2D eigenvalue weighted by Gasteiger charge is 2.23. The average molecular weight is 441 g/mol. The van der Waals surface area contributed by atoms with E-state index in [9.17, 15) is 4.79 Å². The van der Waals surface area contributed by atoms with E-state index in [1.165, 1.54) is 22.5 Å². The summed E-state index contributed by atoms with van der Waals surface area (Å²) < 4.78 is 5.78. The van der Waals surface area contributed by atoms with Crippen molar-refractivity contribution >= 4 is 28.8 Å². The van der Waals surface area contributed by atoms with Crippen molar-refractivity contribution in [2.75, 3.05) is 26.2 Å². The maximum atomic E-state index is 12.9. The molecule has 0 bridgehead atoms. The number of hydrogen-bond donors (Lipinski definition) is 0. The van der Waals surface area contributed by atoms with E-state index >= 15 is 0 Å². The zero-order chi connectivity index (χ0) is 20.9. The van der Waals surface area contributed by atoms with Crippen LogP contribution in [-0.4, -0.2) is 41.9 Å². The molecule has 1 aliphatic heterocycles. The first-order valence-corrected chi connectivity index (χ1v) is 11.4. The Morgan fingerprint density at radius 3 is 2.53 bits per heavy atom. The molecule has 1 saturated heterocycles. The summed E-state index contributed by atoms with van der Waals surface area (Å²) in [6, 6.07) is 17.9. The van der Waals surface area contributed by atoms with Gasteiger partial charge in [0, 0.05) is 43.3 Å². The zero-order valence-electron chi connectivity index (χ0n) is 17.0. The van der Waals surface area contributed by atoms with E-state index in [1.807, 2.05) is 28.5 Å². The molecule has 0 N–H and O–H groups in total. The number of thiophene rings is 1. The van der Waals surface area contributed by atoms with Crippen molar-refractivity contribution in [2.24, 2.45) is 0 Å². The van der Waals surface area contributed by atoms with Crippen molar-refractivity contribution in [1.29, 1.82) is 0 Å². The third-order valence-corrected chi connectivity index (χ3v) is 6.45. The Kier molecular flexibility index (Phi) is 6.72. The highest BCUT2D eigenvalue weighted by Crippen LogP contribution is 2.21. The first-order chi connectivity index (χ1) is 14.6. The van der Waals surface area contributed by atoms with E-state index in [4.69, 9.17) is 16.3 Å². The molecule has 6 heteroatoms. The topological polar surface area (TPSA) is 32.8 Å². The van der Waals surface area contributed by atoms with Crippen LogP contribution in [0.4, 0.5) is 0 Å². The standard InChI is InChI=1S/C24H25ClN2O2S/c1-18-3-2-4-19(13-18)15-26-9-11-27(12-10-26)24(28)23-14-20(17-30-23)16-29-22-7-5-21(25)6-8-22/h2-8,13-14,17H,9-12,15-16H2,1H3. The van der Waals surface area contributed by atoms with Crippen LogP contribution in [0.1, 0.15) is 26.4 Å². The largest absolute Gasteiger partial charge is 0.489 e. The van der Waals surface area contributed by atoms with Crippen LogP contribution in [0, 0.1) is 6.92 Å². The molecule has 1 aliphatic rings. The van der Waals surface area contributed by atoms with Gasteiger partial charge in [0.2, 0.25) is 0 Å². The molecule has 1 fully saturated rings. The first-order valence-electron chi connectivity index (χ1n) is 10.1. The van der Waals surface area contributed by atoms with E-state index in [1.54, 1.807) is 12.1 Å². The average Bonchev–Trinajstić information content (AvgIpc) is 3.22. The van der Waals surface area contributed by atoms with Gasteiger partial charge in [0.1, 0.15) is 12.4 Å². The summed E-state index contributed by atoms with van der Waals surface area (Å²) in [5.74, 6) is 0.885. The second-order valence-electron chi connectivity index (χ2n) is 7.62. The summed E-state index contributed by atoms with van der Waals surface area (Å²) in [6.07, 6.45) is 0. The minimum absolute atomic E-state index is 0.118. The van der Waals surface area contributed by atoms with Crippen LogP contribution in [-0.2, 0) is 13.2 Å². The number of ether oxygens (including phenoxy) is 1. The number of piperazine rings is 1. The summed E-state index contributed by atoms with van der Waals surface area (Å²) >= 11 is 7.39.